The minimum atomic E-state index is -0.157. The van der Waals surface area contributed by atoms with E-state index in [0.717, 1.165) is 37.4 Å². The lowest BCUT2D eigenvalue weighted by molar-refractivity contribution is 0.0493. The number of aromatic nitrogens is 2. The lowest BCUT2D eigenvalue weighted by Crippen LogP contribution is -2.52. The van der Waals surface area contributed by atoms with Crippen LogP contribution in [-0.4, -0.2) is 57.0 Å². The number of rotatable bonds is 7. The molecule has 0 amide bonds. The molecule has 0 unspecified atom stereocenters. The summed E-state index contributed by atoms with van der Waals surface area (Å²) in [6.07, 6.45) is 4.41. The number of hydrogen-bond acceptors (Lipinski definition) is 4. The minimum Gasteiger partial charge on any atom is -0.396 e. The van der Waals surface area contributed by atoms with Gasteiger partial charge < -0.3 is 5.11 Å². The zero-order valence-electron chi connectivity index (χ0n) is 16.5. The van der Waals surface area contributed by atoms with E-state index < -0.39 is 0 Å². The van der Waals surface area contributed by atoms with Crippen molar-refractivity contribution in [3.8, 4) is 5.69 Å². The SMILES string of the molecule is OCC[C@@H]1CN(Cc2ccc(-n3cccn3)cc2)CCN1Cc1ccccc1F. The number of aliphatic hydroxyl groups is 1. The molecule has 1 aromatic heterocycles. The summed E-state index contributed by atoms with van der Waals surface area (Å²) in [7, 11) is 0. The summed E-state index contributed by atoms with van der Waals surface area (Å²) < 4.78 is 15.9. The molecule has 152 valence electrons. The Kier molecular flexibility index (Phi) is 6.34. The van der Waals surface area contributed by atoms with E-state index in [2.05, 4.69) is 39.2 Å². The Morgan fingerprint density at radius 2 is 1.83 bits per heavy atom. The quantitative estimate of drug-likeness (QED) is 0.669. The average molecular weight is 394 g/mol. The van der Waals surface area contributed by atoms with Crippen molar-refractivity contribution in [2.24, 2.45) is 0 Å². The summed E-state index contributed by atoms with van der Waals surface area (Å²) in [5.74, 6) is -0.157. The molecule has 0 radical (unpaired) electrons. The first kappa shape index (κ1) is 19.8. The number of aliphatic hydroxyl groups excluding tert-OH is 1. The van der Waals surface area contributed by atoms with Crippen LogP contribution in [-0.2, 0) is 13.1 Å². The van der Waals surface area contributed by atoms with Crippen LogP contribution in [0.4, 0.5) is 4.39 Å². The van der Waals surface area contributed by atoms with E-state index in [9.17, 15) is 9.50 Å². The second-order valence-electron chi connectivity index (χ2n) is 7.58. The van der Waals surface area contributed by atoms with E-state index in [1.807, 2.05) is 29.1 Å². The monoisotopic (exact) mass is 394 g/mol. The van der Waals surface area contributed by atoms with Gasteiger partial charge in [-0.25, -0.2) is 9.07 Å². The average Bonchev–Trinajstić information content (AvgIpc) is 3.27. The third-order valence-electron chi connectivity index (χ3n) is 5.59. The molecule has 5 nitrogen and oxygen atoms in total. The van der Waals surface area contributed by atoms with Gasteiger partial charge in [-0.1, -0.05) is 30.3 Å². The largest absolute Gasteiger partial charge is 0.396 e. The van der Waals surface area contributed by atoms with Crippen molar-refractivity contribution >= 4 is 0 Å². The van der Waals surface area contributed by atoms with Gasteiger partial charge in [-0.3, -0.25) is 9.80 Å². The molecule has 1 aliphatic rings. The fourth-order valence-electron chi connectivity index (χ4n) is 4.01. The van der Waals surface area contributed by atoms with E-state index in [1.165, 1.54) is 11.6 Å². The van der Waals surface area contributed by atoms with Crippen LogP contribution in [0.1, 0.15) is 17.5 Å². The number of halogens is 1. The summed E-state index contributed by atoms with van der Waals surface area (Å²) >= 11 is 0. The van der Waals surface area contributed by atoms with Gasteiger partial charge in [0.1, 0.15) is 5.82 Å². The summed E-state index contributed by atoms with van der Waals surface area (Å²) in [6.45, 7) is 4.26. The van der Waals surface area contributed by atoms with Gasteiger partial charge in [-0.15, -0.1) is 0 Å². The first-order valence-corrected chi connectivity index (χ1v) is 10.1. The van der Waals surface area contributed by atoms with Gasteiger partial charge >= 0.3 is 0 Å². The molecule has 3 aromatic rings. The number of hydrogen-bond donors (Lipinski definition) is 1. The normalized spacial score (nSPS) is 18.2. The predicted octanol–water partition coefficient (Wildman–Crippen LogP) is 3.08. The van der Waals surface area contributed by atoms with E-state index in [0.29, 0.717) is 13.0 Å². The number of benzene rings is 2. The van der Waals surface area contributed by atoms with Crippen LogP contribution in [0.3, 0.4) is 0 Å². The van der Waals surface area contributed by atoms with E-state index >= 15 is 0 Å². The van der Waals surface area contributed by atoms with Crippen molar-refractivity contribution in [1.29, 1.82) is 0 Å². The molecule has 1 fully saturated rings. The van der Waals surface area contributed by atoms with Gasteiger partial charge in [-0.2, -0.15) is 5.10 Å². The fraction of sp³-hybridized carbons (Fsp3) is 0.348. The van der Waals surface area contributed by atoms with Gasteiger partial charge in [0.2, 0.25) is 0 Å². The second kappa shape index (κ2) is 9.31. The van der Waals surface area contributed by atoms with Crippen molar-refractivity contribution in [2.45, 2.75) is 25.6 Å². The molecular weight excluding hydrogens is 367 g/mol. The molecule has 4 rings (SSSR count). The molecule has 6 heteroatoms. The fourth-order valence-corrected chi connectivity index (χ4v) is 4.01. The van der Waals surface area contributed by atoms with Crippen molar-refractivity contribution in [1.82, 2.24) is 19.6 Å². The molecular formula is C23H27FN4O. The first-order valence-electron chi connectivity index (χ1n) is 10.1. The van der Waals surface area contributed by atoms with Crippen molar-refractivity contribution in [2.75, 3.05) is 26.2 Å². The minimum absolute atomic E-state index is 0.144. The number of nitrogens with zero attached hydrogens (tertiary/aromatic N) is 4. The zero-order valence-corrected chi connectivity index (χ0v) is 16.5. The van der Waals surface area contributed by atoms with Gasteiger partial charge in [0, 0.05) is 63.3 Å². The lowest BCUT2D eigenvalue weighted by atomic mass is 10.1. The highest BCUT2D eigenvalue weighted by Gasteiger charge is 2.27. The highest BCUT2D eigenvalue weighted by molar-refractivity contribution is 5.33. The topological polar surface area (TPSA) is 44.5 Å². The summed E-state index contributed by atoms with van der Waals surface area (Å²) in [6, 6.07) is 17.5. The molecule has 2 aromatic carbocycles. The first-order chi connectivity index (χ1) is 14.2. The van der Waals surface area contributed by atoms with Gasteiger partial charge in [-0.05, 0) is 36.2 Å². The lowest BCUT2D eigenvalue weighted by Gasteiger charge is -2.41. The summed E-state index contributed by atoms with van der Waals surface area (Å²) in [5, 5.41) is 13.8. The molecule has 0 saturated carbocycles. The Balaban J connectivity index is 1.38. The summed E-state index contributed by atoms with van der Waals surface area (Å²) in [5.41, 5.74) is 3.02. The second-order valence-corrected chi connectivity index (χ2v) is 7.58. The Morgan fingerprint density at radius 1 is 1.00 bits per heavy atom. The highest BCUT2D eigenvalue weighted by atomic mass is 19.1. The zero-order chi connectivity index (χ0) is 20.1. The highest BCUT2D eigenvalue weighted by Crippen LogP contribution is 2.20. The maximum Gasteiger partial charge on any atom is 0.127 e. The van der Waals surface area contributed by atoms with E-state index in [4.69, 9.17) is 0 Å². The van der Waals surface area contributed by atoms with E-state index in [1.54, 1.807) is 12.3 Å². The molecule has 0 bridgehead atoms. The standard InChI is InChI=1S/C23H27FN4O/c24-23-5-2-1-4-20(23)17-27-14-13-26(18-22(27)10-15-29)16-19-6-8-21(9-7-19)28-12-3-11-25-28/h1-9,11-12,22,29H,10,13-18H2/t22-/m1/s1. The Morgan fingerprint density at radius 3 is 2.55 bits per heavy atom. The Hall–Kier alpha value is -2.54. The predicted molar refractivity (Wildman–Crippen MR) is 111 cm³/mol. The van der Waals surface area contributed by atoms with Crippen LogP contribution in [0.5, 0.6) is 0 Å². The third kappa shape index (κ3) is 4.90. The van der Waals surface area contributed by atoms with Gasteiger partial charge in [0.05, 0.1) is 5.69 Å². The Labute approximate surface area is 171 Å². The molecule has 1 saturated heterocycles. The Bertz CT molecular complexity index is 898. The third-order valence-corrected chi connectivity index (χ3v) is 5.59. The molecule has 29 heavy (non-hydrogen) atoms. The van der Waals surface area contributed by atoms with Crippen LogP contribution in [0, 0.1) is 5.82 Å². The molecule has 0 aliphatic carbocycles. The van der Waals surface area contributed by atoms with Crippen LogP contribution in [0.2, 0.25) is 0 Å². The molecule has 1 N–H and O–H groups in total. The number of piperazine rings is 1. The van der Waals surface area contributed by atoms with Crippen LogP contribution < -0.4 is 0 Å². The van der Waals surface area contributed by atoms with Gasteiger partial charge in [0.15, 0.2) is 0 Å². The van der Waals surface area contributed by atoms with Crippen LogP contribution in [0.25, 0.3) is 5.69 Å². The summed E-state index contributed by atoms with van der Waals surface area (Å²) in [4.78, 5) is 4.72. The molecule has 1 aliphatic heterocycles. The molecule has 1 atom stereocenters. The van der Waals surface area contributed by atoms with Crippen molar-refractivity contribution < 1.29 is 9.50 Å². The molecule has 2 heterocycles. The van der Waals surface area contributed by atoms with Gasteiger partial charge in [0.25, 0.3) is 0 Å². The van der Waals surface area contributed by atoms with Crippen LogP contribution >= 0.6 is 0 Å². The van der Waals surface area contributed by atoms with Crippen molar-refractivity contribution in [3.05, 3.63) is 83.9 Å². The smallest absolute Gasteiger partial charge is 0.127 e. The van der Waals surface area contributed by atoms with Crippen LogP contribution in [0.15, 0.2) is 67.0 Å². The van der Waals surface area contributed by atoms with Crippen molar-refractivity contribution in [3.63, 3.8) is 0 Å². The maximum atomic E-state index is 14.1. The van der Waals surface area contributed by atoms with E-state index in [-0.39, 0.29) is 18.5 Å². The molecule has 0 spiro atoms. The maximum absolute atomic E-state index is 14.1.